The summed E-state index contributed by atoms with van der Waals surface area (Å²) in [6, 6.07) is 7.95. The Kier molecular flexibility index (Phi) is 5.28. The second-order valence-corrected chi connectivity index (χ2v) is 6.22. The van der Waals surface area contributed by atoms with Crippen molar-refractivity contribution in [3.63, 3.8) is 0 Å². The molecule has 0 fully saturated rings. The Labute approximate surface area is 108 Å². The summed E-state index contributed by atoms with van der Waals surface area (Å²) >= 11 is 0. The van der Waals surface area contributed by atoms with Gasteiger partial charge < -0.3 is 0 Å². The van der Waals surface area contributed by atoms with Gasteiger partial charge in [0.1, 0.15) is 6.61 Å². The van der Waals surface area contributed by atoms with Gasteiger partial charge in [0.05, 0.1) is 17.1 Å². The van der Waals surface area contributed by atoms with E-state index in [1.54, 1.807) is 18.2 Å². The summed E-state index contributed by atoms with van der Waals surface area (Å²) in [6.07, 6.45) is 0. The van der Waals surface area contributed by atoms with Gasteiger partial charge >= 0.3 is 0 Å². The number of hydrogen-bond acceptors (Lipinski definition) is 5. The van der Waals surface area contributed by atoms with Crippen molar-refractivity contribution in [1.82, 2.24) is 0 Å². The monoisotopic (exact) mass is 274 g/mol. The van der Waals surface area contributed by atoms with Crippen LogP contribution >= 0.6 is 0 Å². The predicted molar refractivity (Wildman–Crippen MR) is 66.4 cm³/mol. The van der Waals surface area contributed by atoms with Crippen LogP contribution in [0.1, 0.15) is 20.8 Å². The first-order chi connectivity index (χ1) is 8.31. The van der Waals surface area contributed by atoms with E-state index in [2.05, 4.69) is 0 Å². The Morgan fingerprint density at radius 3 is 2.22 bits per heavy atom. The van der Waals surface area contributed by atoms with E-state index in [0.29, 0.717) is 0 Å². The van der Waals surface area contributed by atoms with Crippen LogP contribution in [0.3, 0.4) is 0 Å². The second kappa shape index (κ2) is 6.29. The summed E-state index contributed by atoms with van der Waals surface area (Å²) in [4.78, 5) is 9.94. The van der Waals surface area contributed by atoms with Gasteiger partial charge in [0.15, 0.2) is 0 Å². The maximum Gasteiger partial charge on any atom is 0.297 e. The van der Waals surface area contributed by atoms with E-state index < -0.39 is 15.7 Å². The molecule has 0 aromatic heterocycles. The van der Waals surface area contributed by atoms with Crippen LogP contribution < -0.4 is 0 Å². The van der Waals surface area contributed by atoms with Crippen molar-refractivity contribution < 1.29 is 22.4 Å². The van der Waals surface area contributed by atoms with E-state index in [4.69, 9.17) is 14.0 Å². The fourth-order valence-electron chi connectivity index (χ4n) is 1.05. The molecule has 0 bridgehead atoms. The first-order valence-electron chi connectivity index (χ1n) is 5.56. The highest BCUT2D eigenvalue weighted by Gasteiger charge is 2.15. The van der Waals surface area contributed by atoms with Crippen molar-refractivity contribution in [3.8, 4) is 0 Å². The molecule has 18 heavy (non-hydrogen) atoms. The van der Waals surface area contributed by atoms with E-state index >= 15 is 0 Å². The molecule has 0 spiro atoms. The van der Waals surface area contributed by atoms with Gasteiger partial charge in [-0.1, -0.05) is 18.2 Å². The van der Waals surface area contributed by atoms with Gasteiger partial charge in [-0.3, -0.25) is 4.18 Å². The van der Waals surface area contributed by atoms with Crippen molar-refractivity contribution in [2.45, 2.75) is 31.3 Å². The quantitative estimate of drug-likeness (QED) is 0.344. The molecule has 0 saturated carbocycles. The minimum Gasteiger partial charge on any atom is -0.264 e. The Bertz CT molecular complexity index is 447. The standard InChI is InChI=1S/C12H18O5S/c1-12(2,3)17-15-9-10-16-18(13,14)11-7-5-4-6-8-11/h4-8H,9-10H2,1-3H3. The lowest BCUT2D eigenvalue weighted by molar-refractivity contribution is -0.349. The van der Waals surface area contributed by atoms with Gasteiger partial charge in [0, 0.05) is 0 Å². The zero-order valence-electron chi connectivity index (χ0n) is 10.8. The molecule has 102 valence electrons. The smallest absolute Gasteiger partial charge is 0.264 e. The zero-order chi connectivity index (χ0) is 13.6. The molecule has 0 saturated heterocycles. The molecular formula is C12H18O5S. The van der Waals surface area contributed by atoms with Crippen LogP contribution in [0, 0.1) is 0 Å². The summed E-state index contributed by atoms with van der Waals surface area (Å²) in [5, 5.41) is 0. The Morgan fingerprint density at radius 2 is 1.67 bits per heavy atom. The molecule has 1 aromatic carbocycles. The molecule has 1 aromatic rings. The highest BCUT2D eigenvalue weighted by molar-refractivity contribution is 7.86. The number of benzene rings is 1. The lowest BCUT2D eigenvalue weighted by atomic mass is 10.2. The molecule has 0 heterocycles. The molecule has 0 atom stereocenters. The minimum atomic E-state index is -3.71. The lowest BCUT2D eigenvalue weighted by Gasteiger charge is -2.17. The Morgan fingerprint density at radius 1 is 1.06 bits per heavy atom. The third-order valence-electron chi connectivity index (χ3n) is 1.75. The van der Waals surface area contributed by atoms with Gasteiger partial charge in [-0.2, -0.15) is 8.42 Å². The van der Waals surface area contributed by atoms with Crippen molar-refractivity contribution >= 4 is 10.1 Å². The van der Waals surface area contributed by atoms with Crippen LogP contribution in [0.25, 0.3) is 0 Å². The first kappa shape index (κ1) is 15.1. The summed E-state index contributed by atoms with van der Waals surface area (Å²) in [6.45, 7) is 5.44. The summed E-state index contributed by atoms with van der Waals surface area (Å²) in [5.41, 5.74) is -0.432. The van der Waals surface area contributed by atoms with Crippen molar-refractivity contribution in [1.29, 1.82) is 0 Å². The highest BCUT2D eigenvalue weighted by Crippen LogP contribution is 2.11. The van der Waals surface area contributed by atoms with Gasteiger partial charge in [-0.05, 0) is 32.9 Å². The topological polar surface area (TPSA) is 61.8 Å². The average Bonchev–Trinajstić information content (AvgIpc) is 2.28. The molecule has 6 heteroatoms. The lowest BCUT2D eigenvalue weighted by Crippen LogP contribution is -2.21. The highest BCUT2D eigenvalue weighted by atomic mass is 32.2. The maximum absolute atomic E-state index is 11.7. The summed E-state index contributed by atoms with van der Waals surface area (Å²) in [7, 11) is -3.71. The van der Waals surface area contributed by atoms with Crippen LogP contribution in [0.4, 0.5) is 0 Å². The van der Waals surface area contributed by atoms with Gasteiger partial charge in [0.2, 0.25) is 0 Å². The van der Waals surface area contributed by atoms with Crippen molar-refractivity contribution in [3.05, 3.63) is 30.3 Å². The fraction of sp³-hybridized carbons (Fsp3) is 0.500. The normalized spacial score (nSPS) is 12.6. The van der Waals surface area contributed by atoms with Gasteiger partial charge in [-0.25, -0.2) is 9.78 Å². The molecule has 1 rings (SSSR count). The van der Waals surface area contributed by atoms with Crippen molar-refractivity contribution in [2.24, 2.45) is 0 Å². The summed E-state index contributed by atoms with van der Waals surface area (Å²) in [5.74, 6) is 0. The zero-order valence-corrected chi connectivity index (χ0v) is 11.6. The molecule has 0 aliphatic heterocycles. The number of hydrogen-bond donors (Lipinski definition) is 0. The molecule has 0 amide bonds. The molecule has 5 nitrogen and oxygen atoms in total. The Balaban J connectivity index is 2.36. The van der Waals surface area contributed by atoms with E-state index in [9.17, 15) is 8.42 Å². The van der Waals surface area contributed by atoms with Gasteiger partial charge in [0.25, 0.3) is 10.1 Å². The third kappa shape index (κ3) is 5.59. The van der Waals surface area contributed by atoms with Crippen LogP contribution in [0.5, 0.6) is 0 Å². The molecule has 0 aliphatic carbocycles. The molecular weight excluding hydrogens is 256 g/mol. The predicted octanol–water partition coefficient (Wildman–Crippen LogP) is 2.14. The molecule has 0 radical (unpaired) electrons. The van der Waals surface area contributed by atoms with Crippen LogP contribution in [-0.4, -0.2) is 27.2 Å². The molecule has 0 N–H and O–H groups in total. The third-order valence-corrected chi connectivity index (χ3v) is 3.07. The molecule has 0 unspecified atom stereocenters. The van der Waals surface area contributed by atoms with E-state index in [1.807, 2.05) is 20.8 Å². The average molecular weight is 274 g/mol. The number of rotatable bonds is 6. The largest absolute Gasteiger partial charge is 0.297 e. The van der Waals surface area contributed by atoms with Crippen molar-refractivity contribution in [2.75, 3.05) is 13.2 Å². The van der Waals surface area contributed by atoms with E-state index in [0.717, 1.165) is 0 Å². The van der Waals surface area contributed by atoms with Crippen LogP contribution in [-0.2, 0) is 24.1 Å². The second-order valence-electron chi connectivity index (χ2n) is 4.61. The van der Waals surface area contributed by atoms with Gasteiger partial charge in [-0.15, -0.1) is 0 Å². The molecule has 0 aliphatic rings. The summed E-state index contributed by atoms with van der Waals surface area (Å²) < 4.78 is 28.1. The SMILES string of the molecule is CC(C)(C)OOCCOS(=O)(=O)c1ccccc1. The van der Waals surface area contributed by atoms with Crippen LogP contribution in [0.15, 0.2) is 35.2 Å². The van der Waals surface area contributed by atoms with E-state index in [1.165, 1.54) is 12.1 Å². The van der Waals surface area contributed by atoms with Crippen LogP contribution in [0.2, 0.25) is 0 Å². The maximum atomic E-state index is 11.7. The fourth-order valence-corrected chi connectivity index (χ4v) is 1.97. The first-order valence-corrected chi connectivity index (χ1v) is 6.97. The Hall–Kier alpha value is -0.950. The minimum absolute atomic E-state index is 0.0450. The van der Waals surface area contributed by atoms with E-state index in [-0.39, 0.29) is 18.1 Å².